The Morgan fingerprint density at radius 3 is 2.79 bits per heavy atom. The van der Waals surface area contributed by atoms with Crippen molar-refractivity contribution in [2.45, 2.75) is 32.4 Å². The molecule has 0 fully saturated rings. The Morgan fingerprint density at radius 2 is 1.91 bits per heavy atom. The summed E-state index contributed by atoms with van der Waals surface area (Å²) in [7, 11) is 0. The fraction of sp³-hybridized carbons (Fsp3) is 0.240. The van der Waals surface area contributed by atoms with Crippen LogP contribution in [0, 0.1) is 0 Å². The molecule has 1 aliphatic heterocycles. The van der Waals surface area contributed by atoms with E-state index in [0.29, 0.717) is 12.4 Å². The van der Waals surface area contributed by atoms with Gasteiger partial charge in [-0.2, -0.15) is 0 Å². The Balaban J connectivity index is 1.07. The van der Waals surface area contributed by atoms with Gasteiger partial charge in [0.1, 0.15) is 6.26 Å². The first-order chi connectivity index (χ1) is 16.3. The maximum atomic E-state index is 5.56. The van der Waals surface area contributed by atoms with Crippen LogP contribution in [-0.2, 0) is 19.5 Å². The number of aromatic nitrogens is 4. The van der Waals surface area contributed by atoms with Crippen molar-refractivity contribution in [1.82, 2.24) is 20.0 Å². The summed E-state index contributed by atoms with van der Waals surface area (Å²) in [6, 6.07) is 14.3. The molecule has 3 heterocycles. The topological polar surface area (TPSA) is 87.2 Å². The molecule has 1 N–H and O–H groups in total. The zero-order chi connectivity index (χ0) is 22.3. The van der Waals surface area contributed by atoms with Crippen LogP contribution in [-0.4, -0.2) is 26.8 Å². The second kappa shape index (κ2) is 10.0. The molecule has 0 aliphatic carbocycles. The van der Waals surface area contributed by atoms with Gasteiger partial charge in [0.05, 0.1) is 18.4 Å². The molecule has 0 bridgehead atoms. The lowest BCUT2D eigenvalue weighted by atomic mass is 10.1. The zero-order valence-electron chi connectivity index (χ0n) is 18.2. The smallest absolute Gasteiger partial charge is 0.231 e. The molecular formula is C25H25N5O3. The van der Waals surface area contributed by atoms with E-state index in [1.165, 1.54) is 5.56 Å². The van der Waals surface area contributed by atoms with E-state index in [4.69, 9.17) is 13.9 Å². The second-order valence-corrected chi connectivity index (χ2v) is 7.80. The molecule has 5 rings (SSSR count). The molecule has 168 valence electrons. The minimum absolute atomic E-state index is 0.270. The number of unbranched alkanes of at least 4 members (excludes halogenated alkanes) is 1. The monoisotopic (exact) mass is 443 g/mol. The van der Waals surface area contributed by atoms with Gasteiger partial charge in [0.25, 0.3) is 0 Å². The Hall–Kier alpha value is -4.07. The standard InChI is InChI=1S/C25H25N5O3/c1(2-13-30-14-12-27-29-30)3-19-4-8-21(9-5-19)26-16-22-17-31-25(28-22)11-7-20-6-10-23-24(15-20)33-18-32-23/h4-12,14-15,17,26H,1-3,13,16,18H2. The maximum absolute atomic E-state index is 5.56. The minimum Gasteiger partial charge on any atom is -0.454 e. The molecule has 33 heavy (non-hydrogen) atoms. The van der Waals surface area contributed by atoms with Crippen molar-refractivity contribution < 1.29 is 13.9 Å². The molecule has 0 atom stereocenters. The number of fused-ring (bicyclic) bond motifs is 1. The first-order valence-electron chi connectivity index (χ1n) is 11.0. The van der Waals surface area contributed by atoms with E-state index in [0.717, 1.165) is 54.3 Å². The minimum atomic E-state index is 0.270. The van der Waals surface area contributed by atoms with E-state index in [1.54, 1.807) is 12.5 Å². The number of ether oxygens (including phenoxy) is 2. The molecule has 0 unspecified atom stereocenters. The van der Waals surface area contributed by atoms with E-state index in [9.17, 15) is 0 Å². The quantitative estimate of drug-likeness (QED) is 0.352. The van der Waals surface area contributed by atoms with Crippen LogP contribution in [0.15, 0.2) is 65.5 Å². The molecule has 2 aromatic carbocycles. The van der Waals surface area contributed by atoms with Gasteiger partial charge in [-0.1, -0.05) is 23.4 Å². The molecule has 8 heteroatoms. The molecule has 0 saturated carbocycles. The number of benzene rings is 2. The fourth-order valence-electron chi connectivity index (χ4n) is 3.60. The number of nitrogens with one attached hydrogen (secondary N) is 1. The van der Waals surface area contributed by atoms with E-state index >= 15 is 0 Å². The third kappa shape index (κ3) is 5.60. The number of oxazole rings is 1. The third-order valence-corrected chi connectivity index (χ3v) is 5.39. The predicted molar refractivity (Wildman–Crippen MR) is 125 cm³/mol. The van der Waals surface area contributed by atoms with Gasteiger partial charge in [0.2, 0.25) is 12.7 Å². The first kappa shape index (κ1) is 20.8. The molecule has 8 nitrogen and oxygen atoms in total. The van der Waals surface area contributed by atoms with Crippen molar-refractivity contribution >= 4 is 17.8 Å². The van der Waals surface area contributed by atoms with Gasteiger partial charge >= 0.3 is 0 Å². The van der Waals surface area contributed by atoms with Crippen molar-refractivity contribution in [1.29, 1.82) is 0 Å². The van der Waals surface area contributed by atoms with Crippen molar-refractivity contribution in [2.24, 2.45) is 0 Å². The molecule has 1 aliphatic rings. The number of hydrogen-bond donors (Lipinski definition) is 1. The lowest BCUT2D eigenvalue weighted by Crippen LogP contribution is -2.00. The Labute approximate surface area is 191 Å². The third-order valence-electron chi connectivity index (χ3n) is 5.39. The summed E-state index contributed by atoms with van der Waals surface area (Å²) in [6.45, 7) is 1.77. The molecule has 4 aromatic rings. The number of hydrogen-bond acceptors (Lipinski definition) is 7. The molecule has 0 saturated heterocycles. The van der Waals surface area contributed by atoms with Crippen LogP contribution in [0.5, 0.6) is 11.5 Å². The number of rotatable bonds is 10. The summed E-state index contributed by atoms with van der Waals surface area (Å²) in [5, 5.41) is 11.2. The summed E-state index contributed by atoms with van der Waals surface area (Å²) >= 11 is 0. The predicted octanol–water partition coefficient (Wildman–Crippen LogP) is 4.80. The fourth-order valence-corrected chi connectivity index (χ4v) is 3.60. The number of aryl methyl sites for hydroxylation is 2. The van der Waals surface area contributed by atoms with Gasteiger partial charge in [0.15, 0.2) is 11.5 Å². The molecule has 2 aromatic heterocycles. The van der Waals surface area contributed by atoms with Crippen LogP contribution >= 0.6 is 0 Å². The Morgan fingerprint density at radius 1 is 1.00 bits per heavy atom. The number of nitrogens with zero attached hydrogens (tertiary/aromatic N) is 4. The van der Waals surface area contributed by atoms with E-state index in [2.05, 4.69) is 44.9 Å². The van der Waals surface area contributed by atoms with Gasteiger partial charge in [-0.15, -0.1) is 5.10 Å². The summed E-state index contributed by atoms with van der Waals surface area (Å²) in [6.07, 6.45) is 12.3. The summed E-state index contributed by atoms with van der Waals surface area (Å²) in [4.78, 5) is 4.52. The zero-order valence-corrected chi connectivity index (χ0v) is 18.2. The average molecular weight is 444 g/mol. The van der Waals surface area contributed by atoms with E-state index in [-0.39, 0.29) is 6.79 Å². The SMILES string of the molecule is C(=Cc1nc(CNc2ccc(CCCCn3ccnn3)cc2)co1)c1ccc2c(c1)OCO2. The van der Waals surface area contributed by atoms with Gasteiger partial charge in [-0.05, 0) is 60.7 Å². The molecule has 0 amide bonds. The van der Waals surface area contributed by atoms with Crippen molar-refractivity contribution in [2.75, 3.05) is 12.1 Å². The Kier molecular flexibility index (Phi) is 6.33. The van der Waals surface area contributed by atoms with Crippen LogP contribution in [0.2, 0.25) is 0 Å². The van der Waals surface area contributed by atoms with Crippen LogP contribution in [0.4, 0.5) is 5.69 Å². The van der Waals surface area contributed by atoms with Gasteiger partial charge < -0.3 is 19.2 Å². The van der Waals surface area contributed by atoms with Crippen LogP contribution in [0.3, 0.4) is 0 Å². The van der Waals surface area contributed by atoms with E-state index < -0.39 is 0 Å². The molecule has 0 spiro atoms. The van der Waals surface area contributed by atoms with Gasteiger partial charge in [0, 0.05) is 24.5 Å². The largest absolute Gasteiger partial charge is 0.454 e. The highest BCUT2D eigenvalue weighted by Crippen LogP contribution is 2.33. The highest BCUT2D eigenvalue weighted by Gasteiger charge is 2.12. The van der Waals surface area contributed by atoms with Gasteiger partial charge in [-0.25, -0.2) is 4.98 Å². The van der Waals surface area contributed by atoms with Crippen LogP contribution in [0.25, 0.3) is 12.2 Å². The summed E-state index contributed by atoms with van der Waals surface area (Å²) in [5.41, 5.74) is 4.23. The van der Waals surface area contributed by atoms with Crippen LogP contribution in [0.1, 0.15) is 35.6 Å². The van der Waals surface area contributed by atoms with Gasteiger partial charge in [-0.3, -0.25) is 4.68 Å². The number of anilines is 1. The lowest BCUT2D eigenvalue weighted by molar-refractivity contribution is 0.174. The van der Waals surface area contributed by atoms with Crippen LogP contribution < -0.4 is 14.8 Å². The highest BCUT2D eigenvalue weighted by atomic mass is 16.7. The Bertz CT molecular complexity index is 1200. The lowest BCUT2D eigenvalue weighted by Gasteiger charge is -2.06. The van der Waals surface area contributed by atoms with Crippen molar-refractivity contribution in [3.63, 3.8) is 0 Å². The molecule has 0 radical (unpaired) electrons. The second-order valence-electron chi connectivity index (χ2n) is 7.80. The van der Waals surface area contributed by atoms with Crippen molar-refractivity contribution in [3.8, 4) is 11.5 Å². The summed E-state index contributed by atoms with van der Waals surface area (Å²) in [5.74, 6) is 2.09. The first-order valence-corrected chi connectivity index (χ1v) is 11.0. The normalized spacial score (nSPS) is 12.5. The maximum Gasteiger partial charge on any atom is 0.231 e. The highest BCUT2D eigenvalue weighted by molar-refractivity contribution is 5.68. The van der Waals surface area contributed by atoms with Crippen molar-refractivity contribution in [3.05, 3.63) is 83.8 Å². The summed E-state index contributed by atoms with van der Waals surface area (Å²) < 4.78 is 18.2. The molecular weight excluding hydrogens is 418 g/mol. The van der Waals surface area contributed by atoms with E-state index in [1.807, 2.05) is 41.2 Å². The average Bonchev–Trinajstić information content (AvgIpc) is 3.62.